The van der Waals surface area contributed by atoms with Crippen molar-refractivity contribution in [3.05, 3.63) is 34.9 Å². The maximum atomic E-state index is 11.5. The standard InChI is InChI=1S/C10H13ClO3S/c11-9-3-1-8(2-4-9)6-15(14)7-10(13)5-12/h1-4,10,12-13H,5-7H2/t10-,15+/m0/s1. The normalized spacial score (nSPS) is 14.9. The van der Waals surface area contributed by atoms with Crippen LogP contribution in [0.1, 0.15) is 5.56 Å². The highest BCUT2D eigenvalue weighted by Gasteiger charge is 2.08. The van der Waals surface area contributed by atoms with Gasteiger partial charge in [0.2, 0.25) is 0 Å². The van der Waals surface area contributed by atoms with Gasteiger partial charge < -0.3 is 10.2 Å². The molecule has 1 aromatic rings. The van der Waals surface area contributed by atoms with Gasteiger partial charge in [-0.3, -0.25) is 4.21 Å². The molecule has 84 valence electrons. The Morgan fingerprint density at radius 2 is 1.93 bits per heavy atom. The Labute approximate surface area is 96.2 Å². The molecule has 0 bridgehead atoms. The van der Waals surface area contributed by atoms with Gasteiger partial charge in [0.15, 0.2) is 0 Å². The van der Waals surface area contributed by atoms with E-state index in [1.54, 1.807) is 24.3 Å². The van der Waals surface area contributed by atoms with Gasteiger partial charge >= 0.3 is 0 Å². The van der Waals surface area contributed by atoms with Gasteiger partial charge in [0.1, 0.15) is 0 Å². The lowest BCUT2D eigenvalue weighted by Crippen LogP contribution is -2.21. The maximum absolute atomic E-state index is 11.5. The van der Waals surface area contributed by atoms with Crippen LogP contribution in [0.15, 0.2) is 24.3 Å². The molecule has 0 heterocycles. The van der Waals surface area contributed by atoms with Crippen molar-refractivity contribution in [1.29, 1.82) is 0 Å². The molecule has 0 aliphatic carbocycles. The summed E-state index contributed by atoms with van der Waals surface area (Å²) in [5.74, 6) is 0.466. The highest BCUT2D eigenvalue weighted by atomic mass is 35.5. The molecule has 0 spiro atoms. The summed E-state index contributed by atoms with van der Waals surface area (Å²) in [4.78, 5) is 0. The molecule has 3 nitrogen and oxygen atoms in total. The fourth-order valence-electron chi connectivity index (χ4n) is 1.09. The SMILES string of the molecule is O=[S@](Cc1ccc(Cl)cc1)C[C@@H](O)CO. The summed E-state index contributed by atoms with van der Waals surface area (Å²) in [6, 6.07) is 7.06. The minimum atomic E-state index is -1.16. The van der Waals surface area contributed by atoms with E-state index in [9.17, 15) is 4.21 Å². The van der Waals surface area contributed by atoms with Crippen molar-refractivity contribution in [3.63, 3.8) is 0 Å². The smallest absolute Gasteiger partial charge is 0.0885 e. The first-order chi connectivity index (χ1) is 7.11. The van der Waals surface area contributed by atoms with Gasteiger partial charge in [0.05, 0.1) is 18.5 Å². The Morgan fingerprint density at radius 3 is 2.47 bits per heavy atom. The van der Waals surface area contributed by atoms with E-state index in [2.05, 4.69) is 0 Å². The van der Waals surface area contributed by atoms with Crippen molar-refractivity contribution < 1.29 is 14.4 Å². The van der Waals surface area contributed by atoms with Crippen molar-refractivity contribution >= 4 is 22.4 Å². The van der Waals surface area contributed by atoms with Crippen molar-refractivity contribution in [2.75, 3.05) is 12.4 Å². The first kappa shape index (κ1) is 12.6. The quantitative estimate of drug-likeness (QED) is 0.816. The number of halogens is 1. The Balaban J connectivity index is 2.48. The predicted molar refractivity (Wildman–Crippen MR) is 61.3 cm³/mol. The molecule has 0 saturated carbocycles. The van der Waals surface area contributed by atoms with Crippen molar-refractivity contribution in [3.8, 4) is 0 Å². The van der Waals surface area contributed by atoms with Crippen LogP contribution < -0.4 is 0 Å². The molecule has 1 rings (SSSR count). The van der Waals surface area contributed by atoms with Crippen LogP contribution in [0.25, 0.3) is 0 Å². The number of hydrogen-bond donors (Lipinski definition) is 2. The van der Waals surface area contributed by atoms with E-state index in [1.165, 1.54) is 0 Å². The average Bonchev–Trinajstić information content (AvgIpc) is 2.21. The van der Waals surface area contributed by atoms with Gasteiger partial charge in [0.25, 0.3) is 0 Å². The lowest BCUT2D eigenvalue weighted by atomic mass is 10.2. The monoisotopic (exact) mass is 248 g/mol. The first-order valence-corrected chi connectivity index (χ1v) is 6.36. The van der Waals surface area contributed by atoms with E-state index in [0.29, 0.717) is 10.8 Å². The third kappa shape index (κ3) is 4.75. The van der Waals surface area contributed by atoms with E-state index in [-0.39, 0.29) is 12.4 Å². The van der Waals surface area contributed by atoms with Crippen LogP contribution in [0.5, 0.6) is 0 Å². The third-order valence-corrected chi connectivity index (χ3v) is 3.49. The Hall–Kier alpha value is -0.420. The molecule has 0 amide bonds. The topological polar surface area (TPSA) is 57.5 Å². The molecule has 1 aromatic carbocycles. The van der Waals surface area contributed by atoms with Crippen LogP contribution in [-0.2, 0) is 16.6 Å². The second kappa shape index (κ2) is 6.23. The Bertz CT molecular complexity index is 326. The van der Waals surface area contributed by atoms with E-state index >= 15 is 0 Å². The molecule has 2 N–H and O–H groups in total. The molecule has 0 aliphatic rings. The largest absolute Gasteiger partial charge is 0.394 e. The summed E-state index contributed by atoms with van der Waals surface area (Å²) in [5, 5.41) is 18.3. The summed E-state index contributed by atoms with van der Waals surface area (Å²) >= 11 is 5.71. The lowest BCUT2D eigenvalue weighted by molar-refractivity contribution is 0.113. The zero-order valence-electron chi connectivity index (χ0n) is 8.10. The number of aliphatic hydroxyl groups excluding tert-OH is 2. The van der Waals surface area contributed by atoms with Gasteiger partial charge in [0, 0.05) is 21.6 Å². The highest BCUT2D eigenvalue weighted by molar-refractivity contribution is 7.84. The molecule has 0 unspecified atom stereocenters. The molecule has 0 fully saturated rings. The van der Waals surface area contributed by atoms with Crippen molar-refractivity contribution in [2.24, 2.45) is 0 Å². The minimum absolute atomic E-state index is 0.0964. The molecule has 0 aromatic heterocycles. The van der Waals surface area contributed by atoms with Crippen molar-refractivity contribution in [2.45, 2.75) is 11.9 Å². The summed E-state index contributed by atoms with van der Waals surface area (Å²) < 4.78 is 11.5. The number of rotatable bonds is 5. The van der Waals surface area contributed by atoms with Crippen LogP contribution in [-0.4, -0.2) is 32.9 Å². The van der Waals surface area contributed by atoms with Crippen LogP contribution >= 0.6 is 11.6 Å². The van der Waals surface area contributed by atoms with Gasteiger partial charge in [-0.15, -0.1) is 0 Å². The van der Waals surface area contributed by atoms with Gasteiger partial charge in [-0.05, 0) is 17.7 Å². The van der Waals surface area contributed by atoms with Crippen LogP contribution in [0, 0.1) is 0 Å². The molecule has 0 saturated heterocycles. The van der Waals surface area contributed by atoms with Gasteiger partial charge in [-0.25, -0.2) is 0 Å². The Kier molecular flexibility index (Phi) is 5.25. The van der Waals surface area contributed by atoms with E-state index in [4.69, 9.17) is 21.8 Å². The van der Waals surface area contributed by atoms with Gasteiger partial charge in [-0.2, -0.15) is 0 Å². The van der Waals surface area contributed by atoms with E-state index in [1.807, 2.05) is 0 Å². The van der Waals surface area contributed by atoms with E-state index < -0.39 is 16.9 Å². The molecular weight excluding hydrogens is 236 g/mol. The zero-order valence-corrected chi connectivity index (χ0v) is 9.67. The lowest BCUT2D eigenvalue weighted by Gasteiger charge is -2.06. The molecule has 2 atom stereocenters. The number of aliphatic hydroxyl groups is 2. The highest BCUT2D eigenvalue weighted by Crippen LogP contribution is 2.11. The van der Waals surface area contributed by atoms with Crippen molar-refractivity contribution in [1.82, 2.24) is 0 Å². The molecule has 15 heavy (non-hydrogen) atoms. The summed E-state index contributed by atoms with van der Waals surface area (Å²) in [7, 11) is -1.16. The number of hydrogen-bond acceptors (Lipinski definition) is 3. The maximum Gasteiger partial charge on any atom is 0.0885 e. The summed E-state index contributed by atoms with van der Waals surface area (Å²) in [6.07, 6.45) is -0.905. The molecule has 5 heteroatoms. The Morgan fingerprint density at radius 1 is 1.33 bits per heavy atom. The fourth-order valence-corrected chi connectivity index (χ4v) is 2.44. The number of benzene rings is 1. The first-order valence-electron chi connectivity index (χ1n) is 4.50. The fraction of sp³-hybridized carbons (Fsp3) is 0.400. The molecular formula is C10H13ClO3S. The van der Waals surface area contributed by atoms with E-state index in [0.717, 1.165) is 5.56 Å². The summed E-state index contributed by atoms with van der Waals surface area (Å²) in [6.45, 7) is -0.355. The second-order valence-corrected chi connectivity index (χ2v) is 5.15. The van der Waals surface area contributed by atoms with Crippen LogP contribution in [0.4, 0.5) is 0 Å². The average molecular weight is 249 g/mol. The van der Waals surface area contributed by atoms with Crippen LogP contribution in [0.3, 0.4) is 0 Å². The van der Waals surface area contributed by atoms with Gasteiger partial charge in [-0.1, -0.05) is 23.7 Å². The predicted octanol–water partition coefficient (Wildman–Crippen LogP) is 0.942. The zero-order chi connectivity index (χ0) is 11.3. The van der Waals surface area contributed by atoms with Crippen LogP contribution in [0.2, 0.25) is 5.02 Å². The summed E-state index contributed by atoms with van der Waals surface area (Å²) in [5.41, 5.74) is 0.905. The molecule has 0 radical (unpaired) electrons. The third-order valence-electron chi connectivity index (χ3n) is 1.83. The molecule has 0 aliphatic heterocycles. The second-order valence-electron chi connectivity index (χ2n) is 3.21. The minimum Gasteiger partial charge on any atom is -0.394 e.